The number of hydrazone groups is 1. The van der Waals surface area contributed by atoms with Crippen molar-refractivity contribution in [3.8, 4) is 11.5 Å². The summed E-state index contributed by atoms with van der Waals surface area (Å²) in [6.45, 7) is 6.60. The van der Waals surface area contributed by atoms with Gasteiger partial charge in [-0.25, -0.2) is 5.43 Å². The van der Waals surface area contributed by atoms with E-state index in [-0.39, 0.29) is 12.5 Å². The molecule has 160 valence electrons. The molecule has 1 N–H and O–H groups in total. The summed E-state index contributed by atoms with van der Waals surface area (Å²) < 4.78 is 11.5. The maximum atomic E-state index is 12.1. The zero-order valence-electron chi connectivity index (χ0n) is 18.2. The molecule has 31 heavy (non-hydrogen) atoms. The van der Waals surface area contributed by atoms with Gasteiger partial charge < -0.3 is 9.47 Å². The Labute approximate surface area is 183 Å². The monoisotopic (exact) mass is 416 g/mol. The Balaban J connectivity index is 1.49. The molecule has 1 amide bonds. The van der Waals surface area contributed by atoms with Crippen LogP contribution in [0.3, 0.4) is 0 Å². The third-order valence-corrected chi connectivity index (χ3v) is 4.75. The van der Waals surface area contributed by atoms with Gasteiger partial charge >= 0.3 is 0 Å². The molecule has 0 spiro atoms. The Bertz CT molecular complexity index is 1030. The molecule has 0 fully saturated rings. The minimum atomic E-state index is -0.318. The molecular formula is C26H28N2O3. The summed E-state index contributed by atoms with van der Waals surface area (Å²) in [4.78, 5) is 12.1. The van der Waals surface area contributed by atoms with Crippen molar-refractivity contribution >= 4 is 12.1 Å². The van der Waals surface area contributed by atoms with Gasteiger partial charge in [0.1, 0.15) is 18.1 Å². The van der Waals surface area contributed by atoms with Crippen LogP contribution < -0.4 is 14.9 Å². The molecule has 0 aliphatic rings. The normalized spacial score (nSPS) is 11.0. The van der Waals surface area contributed by atoms with Crippen LogP contribution in [-0.2, 0) is 11.4 Å². The Hall–Kier alpha value is -3.60. The number of benzene rings is 3. The van der Waals surface area contributed by atoms with E-state index in [0.29, 0.717) is 18.3 Å². The quantitative estimate of drug-likeness (QED) is 0.384. The fourth-order valence-electron chi connectivity index (χ4n) is 2.91. The molecule has 0 radical (unpaired) electrons. The van der Waals surface area contributed by atoms with Crippen molar-refractivity contribution in [1.29, 1.82) is 0 Å². The van der Waals surface area contributed by atoms with Gasteiger partial charge in [-0.05, 0) is 53.3 Å². The Morgan fingerprint density at radius 2 is 1.81 bits per heavy atom. The molecular weight excluding hydrogens is 388 g/mol. The first kappa shape index (κ1) is 22.1. The number of carbonyl (C=O) groups excluding carboxylic acids is 1. The molecule has 0 aromatic heterocycles. The number of hydrogen-bond donors (Lipinski definition) is 1. The summed E-state index contributed by atoms with van der Waals surface area (Å²) in [5.41, 5.74) is 6.59. The molecule has 0 bridgehead atoms. The Morgan fingerprint density at radius 3 is 2.58 bits per heavy atom. The molecule has 5 heteroatoms. The molecule has 0 aliphatic carbocycles. The number of aryl methyl sites for hydroxylation is 1. The maximum Gasteiger partial charge on any atom is 0.277 e. The second kappa shape index (κ2) is 11.0. The van der Waals surface area contributed by atoms with Crippen LogP contribution in [0.1, 0.15) is 42.0 Å². The number of ether oxygens (including phenoxy) is 2. The summed E-state index contributed by atoms with van der Waals surface area (Å²) in [6.07, 6.45) is 1.58. The molecule has 0 aliphatic heterocycles. The van der Waals surface area contributed by atoms with Crippen LogP contribution in [0.2, 0.25) is 0 Å². The highest BCUT2D eigenvalue weighted by molar-refractivity contribution is 5.83. The van der Waals surface area contributed by atoms with E-state index in [9.17, 15) is 4.79 Å². The van der Waals surface area contributed by atoms with Gasteiger partial charge in [-0.15, -0.1) is 0 Å². The lowest BCUT2D eigenvalue weighted by Crippen LogP contribution is -2.24. The van der Waals surface area contributed by atoms with Gasteiger partial charge in [-0.1, -0.05) is 68.4 Å². The largest absolute Gasteiger partial charge is 0.489 e. The minimum absolute atomic E-state index is 0.0973. The molecule has 0 unspecified atom stereocenters. The molecule has 3 aromatic carbocycles. The van der Waals surface area contributed by atoms with Crippen molar-refractivity contribution in [2.45, 2.75) is 33.3 Å². The fraction of sp³-hybridized carbons (Fsp3) is 0.231. The highest BCUT2D eigenvalue weighted by Gasteiger charge is 2.07. The van der Waals surface area contributed by atoms with Crippen LogP contribution in [0, 0.1) is 6.92 Å². The van der Waals surface area contributed by atoms with Gasteiger partial charge in [0.25, 0.3) is 5.91 Å². The predicted molar refractivity (Wildman–Crippen MR) is 124 cm³/mol. The standard InChI is InChI=1S/C26H28N2O3/c1-19(2)23-13-12-20(3)25(15-23)31-18-26(29)28-27-16-22-10-7-11-24(14-22)30-17-21-8-5-4-6-9-21/h4-16,19H,17-18H2,1-3H3,(H,28,29)/b27-16+. The van der Waals surface area contributed by atoms with E-state index in [2.05, 4.69) is 30.4 Å². The van der Waals surface area contributed by atoms with Crippen molar-refractivity contribution in [3.05, 3.63) is 95.1 Å². The second-order valence-electron chi connectivity index (χ2n) is 7.61. The van der Waals surface area contributed by atoms with Crippen molar-refractivity contribution in [2.75, 3.05) is 6.61 Å². The van der Waals surface area contributed by atoms with E-state index >= 15 is 0 Å². The van der Waals surface area contributed by atoms with Gasteiger partial charge in [0.15, 0.2) is 6.61 Å². The number of rotatable bonds is 9. The highest BCUT2D eigenvalue weighted by atomic mass is 16.5. The lowest BCUT2D eigenvalue weighted by atomic mass is 10.0. The highest BCUT2D eigenvalue weighted by Crippen LogP contribution is 2.24. The average molecular weight is 417 g/mol. The van der Waals surface area contributed by atoms with Crippen LogP contribution in [0.25, 0.3) is 0 Å². The van der Waals surface area contributed by atoms with Crippen molar-refractivity contribution in [3.63, 3.8) is 0 Å². The van der Waals surface area contributed by atoms with E-state index in [1.54, 1.807) is 6.21 Å². The van der Waals surface area contributed by atoms with Crippen LogP contribution >= 0.6 is 0 Å². The second-order valence-corrected chi connectivity index (χ2v) is 7.61. The maximum absolute atomic E-state index is 12.1. The van der Waals surface area contributed by atoms with E-state index < -0.39 is 0 Å². The molecule has 0 saturated heterocycles. The van der Waals surface area contributed by atoms with Crippen molar-refractivity contribution in [2.24, 2.45) is 5.10 Å². The summed E-state index contributed by atoms with van der Waals surface area (Å²) in [5.74, 6) is 1.53. The molecule has 3 rings (SSSR count). The molecule has 5 nitrogen and oxygen atoms in total. The van der Waals surface area contributed by atoms with Crippen molar-refractivity contribution in [1.82, 2.24) is 5.43 Å². The zero-order chi connectivity index (χ0) is 22.1. The van der Waals surface area contributed by atoms with E-state index in [4.69, 9.17) is 9.47 Å². The average Bonchev–Trinajstić information content (AvgIpc) is 2.78. The Morgan fingerprint density at radius 1 is 1.00 bits per heavy atom. The number of nitrogens with zero attached hydrogens (tertiary/aromatic N) is 1. The van der Waals surface area contributed by atoms with Crippen LogP contribution in [-0.4, -0.2) is 18.7 Å². The third kappa shape index (κ3) is 7.00. The van der Waals surface area contributed by atoms with E-state index in [1.807, 2.05) is 73.7 Å². The van der Waals surface area contributed by atoms with Crippen molar-refractivity contribution < 1.29 is 14.3 Å². The smallest absolute Gasteiger partial charge is 0.277 e. The van der Waals surface area contributed by atoms with Crippen LogP contribution in [0.5, 0.6) is 11.5 Å². The topological polar surface area (TPSA) is 59.9 Å². The fourth-order valence-corrected chi connectivity index (χ4v) is 2.91. The zero-order valence-corrected chi connectivity index (χ0v) is 18.2. The first-order valence-electron chi connectivity index (χ1n) is 10.3. The number of amides is 1. The number of nitrogens with one attached hydrogen (secondary N) is 1. The first-order valence-corrected chi connectivity index (χ1v) is 10.3. The number of hydrogen-bond acceptors (Lipinski definition) is 4. The van der Waals surface area contributed by atoms with Gasteiger partial charge in [0.2, 0.25) is 0 Å². The summed E-state index contributed by atoms with van der Waals surface area (Å²) >= 11 is 0. The first-order chi connectivity index (χ1) is 15.0. The summed E-state index contributed by atoms with van der Waals surface area (Å²) in [7, 11) is 0. The lowest BCUT2D eigenvalue weighted by molar-refractivity contribution is -0.123. The van der Waals surface area contributed by atoms with Gasteiger partial charge in [-0.2, -0.15) is 5.10 Å². The van der Waals surface area contributed by atoms with E-state index in [1.165, 1.54) is 5.56 Å². The summed E-state index contributed by atoms with van der Waals surface area (Å²) in [6, 6.07) is 23.6. The molecule has 0 heterocycles. The minimum Gasteiger partial charge on any atom is -0.489 e. The van der Waals surface area contributed by atoms with Gasteiger partial charge in [0.05, 0.1) is 6.21 Å². The molecule has 0 saturated carbocycles. The predicted octanol–water partition coefficient (Wildman–Crippen LogP) is 5.23. The number of carbonyl (C=O) groups is 1. The molecule has 3 aromatic rings. The third-order valence-electron chi connectivity index (χ3n) is 4.75. The van der Waals surface area contributed by atoms with Gasteiger partial charge in [-0.3, -0.25) is 4.79 Å². The van der Waals surface area contributed by atoms with Crippen LogP contribution in [0.4, 0.5) is 0 Å². The summed E-state index contributed by atoms with van der Waals surface area (Å²) in [5, 5.41) is 4.02. The molecule has 0 atom stereocenters. The van der Waals surface area contributed by atoms with E-state index in [0.717, 1.165) is 22.4 Å². The lowest BCUT2D eigenvalue weighted by Gasteiger charge is -2.12. The Kier molecular flexibility index (Phi) is 7.82. The van der Waals surface area contributed by atoms with Gasteiger partial charge in [0, 0.05) is 0 Å². The SMILES string of the molecule is Cc1ccc(C(C)C)cc1OCC(=O)N/N=C/c1cccc(OCc2ccccc2)c1. The van der Waals surface area contributed by atoms with Crippen LogP contribution in [0.15, 0.2) is 77.9 Å².